The van der Waals surface area contributed by atoms with Gasteiger partial charge in [-0.2, -0.15) is 0 Å². The molecule has 1 amide bonds. The van der Waals surface area contributed by atoms with Crippen LogP contribution in [-0.4, -0.2) is 33.9 Å². The van der Waals surface area contributed by atoms with Crippen molar-refractivity contribution in [1.82, 2.24) is 20.2 Å². The number of benzene rings is 2. The van der Waals surface area contributed by atoms with Crippen LogP contribution in [0.15, 0.2) is 53.3 Å². The molecule has 0 aliphatic rings. The van der Waals surface area contributed by atoms with Crippen LogP contribution in [0.25, 0.3) is 10.9 Å². The molecule has 0 saturated carbocycles. The molecule has 1 heterocycles. The number of aromatic nitrogens is 2. The van der Waals surface area contributed by atoms with Gasteiger partial charge < -0.3 is 10.3 Å². The van der Waals surface area contributed by atoms with Crippen molar-refractivity contribution in [3.63, 3.8) is 0 Å². The Labute approximate surface area is 168 Å². The highest BCUT2D eigenvalue weighted by atomic mass is 19.1. The van der Waals surface area contributed by atoms with E-state index in [1.165, 1.54) is 6.07 Å². The Balaban J connectivity index is 1.67. The Kier molecular flexibility index (Phi) is 7.08. The fraction of sp³-hybridized carbons (Fsp3) is 0.318. The Morgan fingerprint density at radius 3 is 2.72 bits per heavy atom. The second-order valence-corrected chi connectivity index (χ2v) is 6.96. The summed E-state index contributed by atoms with van der Waals surface area (Å²) >= 11 is 0. The van der Waals surface area contributed by atoms with Crippen LogP contribution >= 0.6 is 0 Å². The van der Waals surface area contributed by atoms with E-state index >= 15 is 0 Å². The summed E-state index contributed by atoms with van der Waals surface area (Å²) in [6.07, 6.45) is 1.90. The standard InChI is InChI=1S/C22H25FN4O2/c1-2-3-12-27(15-21(28)24-13-16-8-4-6-10-18(16)23)14-20-25-19-11-7-5-9-17(19)22(29)26-20/h4-11H,2-3,12-15H2,1H3,(H,24,28)(H,25,26,29). The van der Waals surface area contributed by atoms with Crippen molar-refractivity contribution in [1.29, 1.82) is 0 Å². The fourth-order valence-electron chi connectivity index (χ4n) is 3.11. The molecular weight excluding hydrogens is 371 g/mol. The van der Waals surface area contributed by atoms with E-state index in [9.17, 15) is 14.0 Å². The van der Waals surface area contributed by atoms with Crippen LogP contribution in [0.1, 0.15) is 31.2 Å². The summed E-state index contributed by atoms with van der Waals surface area (Å²) < 4.78 is 13.7. The number of amides is 1. The molecule has 0 saturated heterocycles. The number of para-hydroxylation sites is 1. The first-order chi connectivity index (χ1) is 14.1. The molecule has 3 rings (SSSR count). The van der Waals surface area contributed by atoms with Crippen molar-refractivity contribution >= 4 is 16.8 Å². The lowest BCUT2D eigenvalue weighted by Gasteiger charge is -2.21. The number of hydrogen-bond donors (Lipinski definition) is 2. The van der Waals surface area contributed by atoms with E-state index in [-0.39, 0.29) is 30.4 Å². The van der Waals surface area contributed by atoms with Crippen LogP contribution in [0.5, 0.6) is 0 Å². The van der Waals surface area contributed by atoms with Crippen molar-refractivity contribution in [2.45, 2.75) is 32.9 Å². The molecule has 0 aliphatic heterocycles. The van der Waals surface area contributed by atoms with Crippen molar-refractivity contribution in [3.05, 3.63) is 76.1 Å². The second-order valence-electron chi connectivity index (χ2n) is 6.96. The number of aromatic amines is 1. The third kappa shape index (κ3) is 5.71. The Morgan fingerprint density at radius 1 is 1.17 bits per heavy atom. The zero-order valence-electron chi connectivity index (χ0n) is 16.5. The summed E-state index contributed by atoms with van der Waals surface area (Å²) in [4.78, 5) is 33.9. The van der Waals surface area contributed by atoms with Crippen LogP contribution in [0.2, 0.25) is 0 Å². The molecule has 1 aromatic heterocycles. The van der Waals surface area contributed by atoms with E-state index in [1.54, 1.807) is 36.4 Å². The summed E-state index contributed by atoms with van der Waals surface area (Å²) in [5.41, 5.74) is 0.886. The molecule has 2 aromatic carbocycles. The summed E-state index contributed by atoms with van der Waals surface area (Å²) in [6, 6.07) is 13.5. The predicted molar refractivity (Wildman–Crippen MR) is 111 cm³/mol. The Bertz CT molecular complexity index is 1030. The van der Waals surface area contributed by atoms with E-state index in [0.717, 1.165) is 12.8 Å². The first kappa shape index (κ1) is 20.7. The number of rotatable bonds is 9. The molecule has 152 valence electrons. The number of nitrogens with one attached hydrogen (secondary N) is 2. The number of H-pyrrole nitrogens is 1. The predicted octanol–water partition coefficient (Wildman–Crippen LogP) is 2.98. The van der Waals surface area contributed by atoms with E-state index in [1.807, 2.05) is 11.0 Å². The largest absolute Gasteiger partial charge is 0.351 e. The van der Waals surface area contributed by atoms with Gasteiger partial charge in [0.2, 0.25) is 5.91 Å². The fourth-order valence-corrected chi connectivity index (χ4v) is 3.11. The van der Waals surface area contributed by atoms with Gasteiger partial charge in [0, 0.05) is 12.1 Å². The average Bonchev–Trinajstić information content (AvgIpc) is 2.71. The average molecular weight is 396 g/mol. The third-order valence-electron chi connectivity index (χ3n) is 4.66. The van der Waals surface area contributed by atoms with E-state index in [4.69, 9.17) is 0 Å². The number of hydrogen-bond acceptors (Lipinski definition) is 4. The molecule has 2 N–H and O–H groups in total. The second kappa shape index (κ2) is 9.93. The maximum absolute atomic E-state index is 13.7. The van der Waals surface area contributed by atoms with Crippen molar-refractivity contribution in [3.8, 4) is 0 Å². The van der Waals surface area contributed by atoms with Gasteiger partial charge in [0.25, 0.3) is 5.56 Å². The minimum Gasteiger partial charge on any atom is -0.351 e. The quantitative estimate of drug-likeness (QED) is 0.583. The minimum atomic E-state index is -0.339. The number of carbonyl (C=O) groups excluding carboxylic acids is 1. The number of carbonyl (C=O) groups is 1. The first-order valence-corrected chi connectivity index (χ1v) is 9.77. The van der Waals surface area contributed by atoms with E-state index in [0.29, 0.717) is 35.4 Å². The van der Waals surface area contributed by atoms with E-state index < -0.39 is 0 Å². The number of nitrogens with zero attached hydrogens (tertiary/aromatic N) is 2. The lowest BCUT2D eigenvalue weighted by Crippen LogP contribution is -2.38. The maximum atomic E-state index is 13.7. The van der Waals surface area contributed by atoms with Gasteiger partial charge in [0.15, 0.2) is 0 Å². The maximum Gasteiger partial charge on any atom is 0.258 e. The smallest absolute Gasteiger partial charge is 0.258 e. The molecule has 29 heavy (non-hydrogen) atoms. The number of fused-ring (bicyclic) bond motifs is 1. The molecule has 6 nitrogen and oxygen atoms in total. The summed E-state index contributed by atoms with van der Waals surface area (Å²) in [7, 11) is 0. The van der Waals surface area contributed by atoms with Crippen LogP contribution in [0.4, 0.5) is 4.39 Å². The molecule has 0 fully saturated rings. The van der Waals surface area contributed by atoms with Gasteiger partial charge in [0.05, 0.1) is 24.0 Å². The number of halogens is 1. The highest BCUT2D eigenvalue weighted by Crippen LogP contribution is 2.08. The Hall–Kier alpha value is -3.06. The molecule has 0 bridgehead atoms. The summed E-state index contributed by atoms with van der Waals surface area (Å²) in [5, 5.41) is 3.30. The molecule has 3 aromatic rings. The molecular formula is C22H25FN4O2. The Morgan fingerprint density at radius 2 is 1.93 bits per heavy atom. The zero-order chi connectivity index (χ0) is 20.6. The monoisotopic (exact) mass is 396 g/mol. The van der Waals surface area contributed by atoms with Gasteiger partial charge >= 0.3 is 0 Å². The molecule has 7 heteroatoms. The molecule has 0 aliphatic carbocycles. The first-order valence-electron chi connectivity index (χ1n) is 9.77. The topological polar surface area (TPSA) is 78.1 Å². The molecule has 0 radical (unpaired) electrons. The van der Waals surface area contributed by atoms with Gasteiger partial charge in [-0.05, 0) is 31.2 Å². The number of unbranched alkanes of at least 4 members (excludes halogenated alkanes) is 1. The van der Waals surface area contributed by atoms with Crippen molar-refractivity contribution in [2.24, 2.45) is 0 Å². The molecule has 0 atom stereocenters. The van der Waals surface area contributed by atoms with Gasteiger partial charge in [-0.25, -0.2) is 9.37 Å². The van der Waals surface area contributed by atoms with Crippen molar-refractivity contribution in [2.75, 3.05) is 13.1 Å². The normalized spacial score (nSPS) is 11.1. The highest BCUT2D eigenvalue weighted by molar-refractivity contribution is 5.78. The van der Waals surface area contributed by atoms with E-state index in [2.05, 4.69) is 22.2 Å². The van der Waals surface area contributed by atoms with Gasteiger partial charge in [-0.1, -0.05) is 43.7 Å². The van der Waals surface area contributed by atoms with Crippen LogP contribution in [0, 0.1) is 5.82 Å². The SMILES string of the molecule is CCCCN(CC(=O)NCc1ccccc1F)Cc1nc2ccccc2c(=O)[nH]1. The van der Waals surface area contributed by atoms with Gasteiger partial charge in [0.1, 0.15) is 11.6 Å². The summed E-state index contributed by atoms with van der Waals surface area (Å²) in [6.45, 7) is 3.41. The van der Waals surface area contributed by atoms with Crippen LogP contribution in [-0.2, 0) is 17.9 Å². The van der Waals surface area contributed by atoms with Crippen LogP contribution < -0.4 is 10.9 Å². The minimum absolute atomic E-state index is 0.137. The van der Waals surface area contributed by atoms with Gasteiger partial charge in [-0.15, -0.1) is 0 Å². The van der Waals surface area contributed by atoms with Crippen LogP contribution in [0.3, 0.4) is 0 Å². The van der Waals surface area contributed by atoms with Gasteiger partial charge in [-0.3, -0.25) is 14.5 Å². The third-order valence-corrected chi connectivity index (χ3v) is 4.66. The molecule has 0 unspecified atom stereocenters. The lowest BCUT2D eigenvalue weighted by molar-refractivity contribution is -0.122. The molecule has 0 spiro atoms. The lowest BCUT2D eigenvalue weighted by atomic mass is 10.2. The zero-order valence-corrected chi connectivity index (χ0v) is 16.5. The summed E-state index contributed by atoms with van der Waals surface area (Å²) in [5.74, 6) is -0.0206. The highest BCUT2D eigenvalue weighted by Gasteiger charge is 2.14. The van der Waals surface area contributed by atoms with Crippen molar-refractivity contribution < 1.29 is 9.18 Å².